The maximum Gasteiger partial charge on any atom is 0.516 e. The second kappa shape index (κ2) is 4.39. The van der Waals surface area contributed by atoms with Crippen LogP contribution in [0.3, 0.4) is 0 Å². The van der Waals surface area contributed by atoms with E-state index in [0.29, 0.717) is 0 Å². The van der Waals surface area contributed by atoms with Crippen molar-refractivity contribution in [3.63, 3.8) is 0 Å². The Hall–Kier alpha value is -1.73. The molecule has 1 aliphatic rings. The zero-order valence-electron chi connectivity index (χ0n) is 12.1. The minimum atomic E-state index is -0.453. The van der Waals surface area contributed by atoms with Gasteiger partial charge in [-0.15, -0.1) is 0 Å². The van der Waals surface area contributed by atoms with Crippen LogP contribution in [0.5, 0.6) is 0 Å². The van der Waals surface area contributed by atoms with Crippen LogP contribution >= 0.6 is 0 Å². The summed E-state index contributed by atoms with van der Waals surface area (Å²) in [7, 11) is -0.453. The summed E-state index contributed by atoms with van der Waals surface area (Å²) in [5.74, 6) is 0. The van der Waals surface area contributed by atoms with E-state index in [-0.39, 0.29) is 11.2 Å². The maximum atomic E-state index is 5.97. The average molecular weight is 272 g/mol. The minimum Gasteiger partial charge on any atom is -0.398 e. The number of nitrogens with zero attached hydrogens (tertiary/aromatic N) is 4. The van der Waals surface area contributed by atoms with E-state index in [4.69, 9.17) is 9.31 Å². The van der Waals surface area contributed by atoms with Crippen molar-refractivity contribution in [2.45, 2.75) is 38.9 Å². The van der Waals surface area contributed by atoms with Gasteiger partial charge in [0.25, 0.3) is 0 Å². The molecule has 0 atom stereocenters. The first-order valence-electron chi connectivity index (χ1n) is 6.54. The number of imidazole rings is 1. The lowest BCUT2D eigenvalue weighted by atomic mass is 9.86. The predicted octanol–water partition coefficient (Wildman–Crippen LogP) is 0.961. The summed E-state index contributed by atoms with van der Waals surface area (Å²) >= 11 is 0. The van der Waals surface area contributed by atoms with E-state index in [1.807, 2.05) is 38.5 Å². The Bertz CT molecular complexity index is 596. The first kappa shape index (κ1) is 13.3. The Balaban J connectivity index is 1.86. The molecule has 3 heterocycles. The summed E-state index contributed by atoms with van der Waals surface area (Å²) < 4.78 is 13.8. The Kier molecular flexibility index (Phi) is 2.91. The van der Waals surface area contributed by atoms with E-state index < -0.39 is 7.12 Å². The van der Waals surface area contributed by atoms with Crippen LogP contribution in [0, 0.1) is 0 Å². The second-order valence-corrected chi connectivity index (χ2v) is 5.89. The van der Waals surface area contributed by atoms with Gasteiger partial charge >= 0.3 is 7.12 Å². The van der Waals surface area contributed by atoms with Gasteiger partial charge in [-0.05, 0) is 27.7 Å². The number of aromatic nitrogens is 4. The first-order valence-corrected chi connectivity index (χ1v) is 6.54. The molecule has 0 amide bonds. The van der Waals surface area contributed by atoms with Crippen LogP contribution in [0.25, 0.3) is 5.69 Å². The highest BCUT2D eigenvalue weighted by Crippen LogP contribution is 2.36. The molecule has 1 saturated heterocycles. The molecule has 0 aromatic carbocycles. The first-order chi connectivity index (χ1) is 9.39. The zero-order valence-corrected chi connectivity index (χ0v) is 12.1. The maximum absolute atomic E-state index is 5.97. The minimum absolute atomic E-state index is 0.364. The van der Waals surface area contributed by atoms with Gasteiger partial charge in [-0.3, -0.25) is 0 Å². The van der Waals surface area contributed by atoms with Crippen LogP contribution in [0.2, 0.25) is 0 Å². The van der Waals surface area contributed by atoms with Gasteiger partial charge in [0.05, 0.1) is 41.2 Å². The highest BCUT2D eigenvalue weighted by molar-refractivity contribution is 6.61. The van der Waals surface area contributed by atoms with Gasteiger partial charge in [-0.2, -0.15) is 0 Å². The summed E-state index contributed by atoms with van der Waals surface area (Å²) in [5, 5.41) is 0. The third-order valence-electron chi connectivity index (χ3n) is 3.94. The Morgan fingerprint density at radius 1 is 1.05 bits per heavy atom. The van der Waals surface area contributed by atoms with Crippen molar-refractivity contribution in [2.24, 2.45) is 0 Å². The van der Waals surface area contributed by atoms with Crippen molar-refractivity contribution in [1.29, 1.82) is 0 Å². The SMILES string of the molecule is CC1(C)OB(c2cn(-c3cncnc3)cn2)OC1(C)C. The van der Waals surface area contributed by atoms with Crippen LogP contribution in [0.1, 0.15) is 27.7 Å². The Morgan fingerprint density at radius 3 is 2.25 bits per heavy atom. The molecule has 7 heteroatoms. The summed E-state index contributed by atoms with van der Waals surface area (Å²) in [6.07, 6.45) is 8.53. The molecule has 0 aliphatic carbocycles. The molecule has 0 N–H and O–H groups in total. The molecular weight excluding hydrogens is 255 g/mol. The molecule has 2 aromatic rings. The van der Waals surface area contributed by atoms with Crippen molar-refractivity contribution in [1.82, 2.24) is 19.5 Å². The predicted molar refractivity (Wildman–Crippen MR) is 74.9 cm³/mol. The fraction of sp³-hybridized carbons (Fsp3) is 0.462. The number of rotatable bonds is 2. The van der Waals surface area contributed by atoms with Crippen LogP contribution in [0.4, 0.5) is 0 Å². The van der Waals surface area contributed by atoms with Gasteiger partial charge in [0.15, 0.2) is 0 Å². The van der Waals surface area contributed by atoms with Gasteiger partial charge in [0.2, 0.25) is 0 Å². The second-order valence-electron chi connectivity index (χ2n) is 5.89. The summed E-state index contributed by atoms with van der Waals surface area (Å²) in [6.45, 7) is 8.09. The molecule has 0 unspecified atom stereocenters. The lowest BCUT2D eigenvalue weighted by molar-refractivity contribution is 0.00578. The molecule has 0 spiro atoms. The van der Waals surface area contributed by atoms with E-state index in [0.717, 1.165) is 11.3 Å². The fourth-order valence-electron chi connectivity index (χ4n) is 1.99. The molecule has 1 fully saturated rings. The molecule has 20 heavy (non-hydrogen) atoms. The van der Waals surface area contributed by atoms with Crippen molar-refractivity contribution in [3.05, 3.63) is 31.2 Å². The topological polar surface area (TPSA) is 62.1 Å². The fourth-order valence-corrected chi connectivity index (χ4v) is 1.99. The van der Waals surface area contributed by atoms with E-state index in [2.05, 4.69) is 15.0 Å². The zero-order chi connectivity index (χ0) is 14.4. The van der Waals surface area contributed by atoms with Gasteiger partial charge in [0, 0.05) is 6.20 Å². The molecule has 6 nitrogen and oxygen atoms in total. The molecule has 104 valence electrons. The molecular formula is C13H17BN4O2. The van der Waals surface area contributed by atoms with Gasteiger partial charge in [0.1, 0.15) is 6.33 Å². The molecule has 0 bridgehead atoms. The van der Waals surface area contributed by atoms with Crippen LogP contribution < -0.4 is 5.59 Å². The van der Waals surface area contributed by atoms with E-state index >= 15 is 0 Å². The summed E-state index contributed by atoms with van der Waals surface area (Å²) in [5.41, 5.74) is 0.865. The van der Waals surface area contributed by atoms with Crippen LogP contribution in [-0.2, 0) is 9.31 Å². The van der Waals surface area contributed by atoms with Gasteiger partial charge < -0.3 is 13.9 Å². The highest BCUT2D eigenvalue weighted by atomic mass is 16.7. The Morgan fingerprint density at radius 2 is 1.65 bits per heavy atom. The average Bonchev–Trinajstić information content (AvgIpc) is 2.94. The molecule has 0 saturated carbocycles. The lowest BCUT2D eigenvalue weighted by Gasteiger charge is -2.32. The van der Waals surface area contributed by atoms with Crippen molar-refractivity contribution < 1.29 is 9.31 Å². The number of hydrogen-bond acceptors (Lipinski definition) is 5. The molecule has 0 radical (unpaired) electrons. The quantitative estimate of drug-likeness (QED) is 0.762. The summed E-state index contributed by atoms with van der Waals surface area (Å²) in [4.78, 5) is 12.3. The lowest BCUT2D eigenvalue weighted by Crippen LogP contribution is -2.41. The van der Waals surface area contributed by atoms with Crippen LogP contribution in [-0.4, -0.2) is 37.8 Å². The monoisotopic (exact) mass is 272 g/mol. The smallest absolute Gasteiger partial charge is 0.398 e. The summed E-state index contributed by atoms with van der Waals surface area (Å²) in [6, 6.07) is 0. The molecule has 1 aliphatic heterocycles. The van der Waals surface area contributed by atoms with Crippen molar-refractivity contribution >= 4 is 12.7 Å². The third-order valence-corrected chi connectivity index (χ3v) is 3.94. The van der Waals surface area contributed by atoms with Gasteiger partial charge in [-0.1, -0.05) is 0 Å². The van der Waals surface area contributed by atoms with Crippen LogP contribution in [0.15, 0.2) is 31.2 Å². The Labute approximate surface area is 118 Å². The van der Waals surface area contributed by atoms with Crippen molar-refractivity contribution in [3.8, 4) is 5.69 Å². The van der Waals surface area contributed by atoms with Crippen molar-refractivity contribution in [2.75, 3.05) is 0 Å². The van der Waals surface area contributed by atoms with E-state index in [1.165, 1.54) is 6.33 Å². The molecule has 3 rings (SSSR count). The third kappa shape index (κ3) is 2.12. The van der Waals surface area contributed by atoms with E-state index in [1.54, 1.807) is 18.7 Å². The number of hydrogen-bond donors (Lipinski definition) is 0. The molecule has 2 aromatic heterocycles. The standard InChI is InChI=1S/C13H17BN4O2/c1-12(2)13(3,4)20-14(19-12)11-7-18(9-17-11)10-5-15-8-16-6-10/h5-9H,1-4H3. The normalized spacial score (nSPS) is 20.3. The van der Waals surface area contributed by atoms with Gasteiger partial charge in [-0.25, -0.2) is 15.0 Å². The van der Waals surface area contributed by atoms with E-state index in [9.17, 15) is 0 Å². The largest absolute Gasteiger partial charge is 0.516 e. The highest BCUT2D eigenvalue weighted by Gasteiger charge is 2.52.